The highest BCUT2D eigenvalue weighted by Gasteiger charge is 2.18. The Balaban J connectivity index is 1.40. The van der Waals surface area contributed by atoms with Crippen molar-refractivity contribution in [2.24, 2.45) is 0 Å². The summed E-state index contributed by atoms with van der Waals surface area (Å²) in [7, 11) is 0. The Labute approximate surface area is 165 Å². The molecule has 4 rings (SSSR count). The molecule has 3 aromatic rings. The molecule has 0 unspecified atom stereocenters. The monoisotopic (exact) mass is 438 g/mol. The molecular formula is C18H17BrCl2N4. The van der Waals surface area contributed by atoms with E-state index in [-0.39, 0.29) is 0 Å². The normalized spacial score (nSPS) is 15.9. The fourth-order valence-electron chi connectivity index (χ4n) is 3.17. The van der Waals surface area contributed by atoms with Crippen LogP contribution in [0.25, 0.3) is 5.65 Å². The highest BCUT2D eigenvalue weighted by Crippen LogP contribution is 2.28. The summed E-state index contributed by atoms with van der Waals surface area (Å²) >= 11 is 15.6. The van der Waals surface area contributed by atoms with E-state index in [9.17, 15) is 0 Å². The minimum absolute atomic E-state index is 0.600. The molecule has 1 saturated heterocycles. The van der Waals surface area contributed by atoms with Crippen LogP contribution in [0.1, 0.15) is 5.69 Å². The van der Waals surface area contributed by atoms with Gasteiger partial charge in [0.1, 0.15) is 5.65 Å². The number of fused-ring (bicyclic) bond motifs is 1. The lowest BCUT2D eigenvalue weighted by Gasteiger charge is -2.35. The molecule has 25 heavy (non-hydrogen) atoms. The number of imidazole rings is 1. The Bertz CT molecular complexity index is 903. The van der Waals surface area contributed by atoms with Crippen molar-refractivity contribution in [3.05, 3.63) is 62.9 Å². The van der Waals surface area contributed by atoms with Crippen molar-refractivity contribution in [1.29, 1.82) is 0 Å². The Hall–Kier alpha value is -1.27. The molecule has 0 radical (unpaired) electrons. The molecule has 1 aliphatic rings. The van der Waals surface area contributed by atoms with Crippen LogP contribution in [0.4, 0.5) is 5.69 Å². The summed E-state index contributed by atoms with van der Waals surface area (Å²) in [5, 5.41) is 1.21. The third-order valence-corrected chi connectivity index (χ3v) is 5.70. The highest BCUT2D eigenvalue weighted by atomic mass is 79.9. The summed E-state index contributed by atoms with van der Waals surface area (Å²) in [6.45, 7) is 4.80. The van der Waals surface area contributed by atoms with Crippen LogP contribution in [0.15, 0.2) is 47.2 Å². The van der Waals surface area contributed by atoms with E-state index >= 15 is 0 Å². The number of nitrogens with zero attached hydrogens (tertiary/aromatic N) is 4. The van der Waals surface area contributed by atoms with Crippen molar-refractivity contribution in [3.63, 3.8) is 0 Å². The number of hydrogen-bond acceptors (Lipinski definition) is 3. The average Bonchev–Trinajstić information content (AvgIpc) is 2.99. The third-order valence-electron chi connectivity index (χ3n) is 4.49. The molecule has 1 aromatic carbocycles. The zero-order valence-electron chi connectivity index (χ0n) is 13.5. The number of rotatable bonds is 3. The smallest absolute Gasteiger partial charge is 0.137 e. The maximum absolute atomic E-state index is 6.14. The summed E-state index contributed by atoms with van der Waals surface area (Å²) in [6.07, 6.45) is 4.14. The lowest BCUT2D eigenvalue weighted by atomic mass is 10.2. The fraction of sp³-hybridized carbons (Fsp3) is 0.278. The predicted molar refractivity (Wildman–Crippen MR) is 107 cm³/mol. The van der Waals surface area contributed by atoms with Crippen molar-refractivity contribution < 1.29 is 0 Å². The quantitative estimate of drug-likeness (QED) is 0.589. The van der Waals surface area contributed by atoms with Gasteiger partial charge in [0.25, 0.3) is 0 Å². The van der Waals surface area contributed by atoms with Gasteiger partial charge in [-0.3, -0.25) is 4.90 Å². The maximum Gasteiger partial charge on any atom is 0.137 e. The zero-order valence-corrected chi connectivity index (χ0v) is 16.6. The Kier molecular flexibility index (Phi) is 4.91. The first-order valence-corrected chi connectivity index (χ1v) is 9.69. The molecule has 0 saturated carbocycles. The topological polar surface area (TPSA) is 23.8 Å². The Morgan fingerprint density at radius 2 is 1.76 bits per heavy atom. The van der Waals surface area contributed by atoms with Gasteiger partial charge >= 0.3 is 0 Å². The van der Waals surface area contributed by atoms with E-state index < -0.39 is 0 Å². The average molecular weight is 440 g/mol. The van der Waals surface area contributed by atoms with Gasteiger partial charge in [-0.05, 0) is 46.3 Å². The largest absolute Gasteiger partial charge is 0.369 e. The van der Waals surface area contributed by atoms with Crippen molar-refractivity contribution in [2.45, 2.75) is 6.54 Å². The lowest BCUT2D eigenvalue weighted by Crippen LogP contribution is -2.46. The molecular weight excluding hydrogens is 423 g/mol. The van der Waals surface area contributed by atoms with Crippen LogP contribution in [-0.2, 0) is 6.54 Å². The van der Waals surface area contributed by atoms with E-state index in [1.54, 1.807) is 0 Å². The van der Waals surface area contributed by atoms with Crippen LogP contribution in [0.2, 0.25) is 10.0 Å². The van der Waals surface area contributed by atoms with E-state index in [4.69, 9.17) is 28.2 Å². The van der Waals surface area contributed by atoms with Crippen molar-refractivity contribution in [1.82, 2.24) is 14.3 Å². The van der Waals surface area contributed by atoms with E-state index in [0.29, 0.717) is 10.0 Å². The van der Waals surface area contributed by atoms with Crippen LogP contribution < -0.4 is 4.90 Å². The van der Waals surface area contributed by atoms with Crippen LogP contribution >= 0.6 is 39.1 Å². The lowest BCUT2D eigenvalue weighted by molar-refractivity contribution is 0.247. The second-order valence-corrected chi connectivity index (χ2v) is 7.94. The Morgan fingerprint density at radius 3 is 2.52 bits per heavy atom. The van der Waals surface area contributed by atoms with Crippen LogP contribution in [0.5, 0.6) is 0 Å². The molecule has 4 nitrogen and oxygen atoms in total. The van der Waals surface area contributed by atoms with E-state index in [2.05, 4.69) is 36.3 Å². The number of piperazine rings is 1. The molecule has 0 bridgehead atoms. The SMILES string of the molecule is Clc1ccc(N2CCN(Cc3cn4cc(Br)ccc4n3)CC2)cc1Cl. The summed E-state index contributed by atoms with van der Waals surface area (Å²) in [4.78, 5) is 9.48. The van der Waals surface area contributed by atoms with Gasteiger partial charge in [0.05, 0.1) is 15.7 Å². The van der Waals surface area contributed by atoms with Crippen LogP contribution in [0, 0.1) is 0 Å². The van der Waals surface area contributed by atoms with Gasteiger partial charge in [0, 0.05) is 55.3 Å². The van der Waals surface area contributed by atoms with Gasteiger partial charge < -0.3 is 9.30 Å². The second-order valence-electron chi connectivity index (χ2n) is 6.21. The molecule has 3 heterocycles. The molecule has 130 valence electrons. The summed E-state index contributed by atoms with van der Waals surface area (Å²) in [6, 6.07) is 9.88. The maximum atomic E-state index is 6.14. The minimum atomic E-state index is 0.600. The summed E-state index contributed by atoms with van der Waals surface area (Å²) in [5.74, 6) is 0. The number of benzene rings is 1. The molecule has 0 amide bonds. The van der Waals surface area contributed by atoms with Gasteiger partial charge in [-0.15, -0.1) is 0 Å². The van der Waals surface area contributed by atoms with Gasteiger partial charge in [-0.2, -0.15) is 0 Å². The van der Waals surface area contributed by atoms with Gasteiger partial charge in [0.15, 0.2) is 0 Å². The van der Waals surface area contributed by atoms with Crippen molar-refractivity contribution >= 4 is 50.5 Å². The number of anilines is 1. The predicted octanol–water partition coefficient (Wildman–Crippen LogP) is 4.73. The first kappa shape index (κ1) is 17.2. The second kappa shape index (κ2) is 7.16. The van der Waals surface area contributed by atoms with Crippen molar-refractivity contribution in [3.8, 4) is 0 Å². The molecule has 0 spiro atoms. The molecule has 1 fully saturated rings. The Morgan fingerprint density at radius 1 is 0.960 bits per heavy atom. The molecule has 0 atom stereocenters. The number of pyridine rings is 1. The number of halogens is 3. The van der Waals surface area contributed by atoms with Gasteiger partial charge in [-0.1, -0.05) is 23.2 Å². The molecule has 2 aromatic heterocycles. The molecule has 0 aliphatic carbocycles. The van der Waals surface area contributed by atoms with Crippen molar-refractivity contribution in [2.75, 3.05) is 31.1 Å². The number of hydrogen-bond donors (Lipinski definition) is 0. The fourth-order valence-corrected chi connectivity index (χ4v) is 3.81. The summed E-state index contributed by atoms with van der Waals surface area (Å²) in [5.41, 5.74) is 3.21. The van der Waals surface area contributed by atoms with Gasteiger partial charge in [-0.25, -0.2) is 4.98 Å². The molecule has 1 aliphatic heterocycles. The first-order chi connectivity index (χ1) is 12.1. The zero-order chi connectivity index (χ0) is 17.4. The van der Waals surface area contributed by atoms with Gasteiger partial charge in [0.2, 0.25) is 0 Å². The molecule has 0 N–H and O–H groups in total. The van der Waals surface area contributed by atoms with E-state index in [1.807, 2.05) is 36.5 Å². The first-order valence-electron chi connectivity index (χ1n) is 8.14. The van der Waals surface area contributed by atoms with Crippen LogP contribution in [-0.4, -0.2) is 40.5 Å². The summed E-state index contributed by atoms with van der Waals surface area (Å²) < 4.78 is 3.12. The van der Waals surface area contributed by atoms with E-state index in [1.165, 1.54) is 0 Å². The van der Waals surface area contributed by atoms with E-state index in [0.717, 1.165) is 54.2 Å². The third kappa shape index (κ3) is 3.80. The minimum Gasteiger partial charge on any atom is -0.369 e. The standard InChI is InChI=1S/C18H17BrCl2N4/c19-13-1-4-18-22-14(12-25(18)10-13)11-23-5-7-24(8-6-23)15-2-3-16(20)17(21)9-15/h1-4,9-10,12H,5-8,11H2. The number of aromatic nitrogens is 2. The molecule has 7 heteroatoms. The van der Waals surface area contributed by atoms with Crippen LogP contribution in [0.3, 0.4) is 0 Å². The highest BCUT2D eigenvalue weighted by molar-refractivity contribution is 9.10.